The van der Waals surface area contributed by atoms with Gasteiger partial charge >= 0.3 is 0 Å². The number of carbonyl (C=O) groups excluding carboxylic acids is 1. The van der Waals surface area contributed by atoms with Gasteiger partial charge in [0, 0.05) is 50.7 Å². The number of amides is 1. The summed E-state index contributed by atoms with van der Waals surface area (Å²) in [4.78, 5) is 44.5. The van der Waals surface area contributed by atoms with Gasteiger partial charge in [-0.3, -0.25) is 9.59 Å². The normalized spacial score (nSPS) is 19.0. The zero-order chi connectivity index (χ0) is 29.4. The van der Waals surface area contributed by atoms with E-state index < -0.39 is 5.54 Å². The van der Waals surface area contributed by atoms with Gasteiger partial charge in [0.15, 0.2) is 11.5 Å². The van der Waals surface area contributed by atoms with Crippen LogP contribution in [0.15, 0.2) is 60.0 Å². The van der Waals surface area contributed by atoms with Crippen LogP contribution in [0, 0.1) is 0 Å². The van der Waals surface area contributed by atoms with E-state index in [1.165, 1.54) is 12.6 Å². The fourth-order valence-corrected chi connectivity index (χ4v) is 6.09. The molecule has 0 spiro atoms. The molecule has 218 valence electrons. The van der Waals surface area contributed by atoms with Gasteiger partial charge in [0.25, 0.3) is 5.56 Å². The van der Waals surface area contributed by atoms with E-state index in [2.05, 4.69) is 51.2 Å². The van der Waals surface area contributed by atoms with Crippen LogP contribution in [-0.4, -0.2) is 68.3 Å². The summed E-state index contributed by atoms with van der Waals surface area (Å²) in [5.74, 6) is 0.815. The van der Waals surface area contributed by atoms with Gasteiger partial charge in [-0.1, -0.05) is 12.1 Å². The van der Waals surface area contributed by atoms with Gasteiger partial charge in [-0.2, -0.15) is 4.98 Å². The fourth-order valence-electron chi connectivity index (χ4n) is 6.09. The summed E-state index contributed by atoms with van der Waals surface area (Å²) in [6, 6.07) is 12.2. The van der Waals surface area contributed by atoms with E-state index in [0.29, 0.717) is 22.8 Å². The molecule has 42 heavy (non-hydrogen) atoms. The number of piperazine rings is 1. The number of benzene rings is 1. The van der Waals surface area contributed by atoms with Crippen molar-refractivity contribution in [1.82, 2.24) is 34.5 Å². The van der Waals surface area contributed by atoms with Crippen molar-refractivity contribution in [3.63, 3.8) is 0 Å². The van der Waals surface area contributed by atoms with Gasteiger partial charge in [-0.15, -0.1) is 6.58 Å². The summed E-state index contributed by atoms with van der Waals surface area (Å²) in [7, 11) is 2.15. The van der Waals surface area contributed by atoms with Gasteiger partial charge in [0.2, 0.25) is 11.9 Å². The van der Waals surface area contributed by atoms with Gasteiger partial charge in [0.1, 0.15) is 5.39 Å². The molecule has 11 heteroatoms. The lowest BCUT2D eigenvalue weighted by atomic mass is 9.81. The minimum absolute atomic E-state index is 0.104. The maximum absolute atomic E-state index is 13.5. The number of anilines is 3. The lowest BCUT2D eigenvalue weighted by molar-refractivity contribution is -0.121. The fraction of sp³-hybridized carbons (Fsp3) is 0.387. The van der Waals surface area contributed by atoms with Crippen LogP contribution in [0.3, 0.4) is 0 Å². The van der Waals surface area contributed by atoms with Crippen molar-refractivity contribution in [3.05, 3.63) is 76.9 Å². The second-order valence-electron chi connectivity index (χ2n) is 11.4. The summed E-state index contributed by atoms with van der Waals surface area (Å²) < 4.78 is 3.29. The Morgan fingerprint density at radius 2 is 1.86 bits per heavy atom. The van der Waals surface area contributed by atoms with E-state index in [1.807, 2.05) is 31.2 Å². The molecular weight excluding hydrogens is 530 g/mol. The third-order valence-corrected chi connectivity index (χ3v) is 8.25. The minimum Gasteiger partial charge on any atom is -0.369 e. The lowest BCUT2D eigenvalue weighted by Crippen LogP contribution is -2.45. The Hall–Kier alpha value is -4.51. The Balaban J connectivity index is 1.37. The van der Waals surface area contributed by atoms with Gasteiger partial charge in [-0.25, -0.2) is 19.3 Å². The molecule has 1 aromatic carbocycles. The Morgan fingerprint density at radius 1 is 1.10 bits per heavy atom. The van der Waals surface area contributed by atoms with E-state index in [0.717, 1.165) is 62.4 Å². The van der Waals surface area contributed by atoms with Gasteiger partial charge < -0.3 is 20.4 Å². The summed E-state index contributed by atoms with van der Waals surface area (Å²) in [5, 5.41) is 6.78. The third kappa shape index (κ3) is 5.16. The number of hydrogen-bond acceptors (Lipinski definition) is 8. The molecule has 1 fully saturated rings. The summed E-state index contributed by atoms with van der Waals surface area (Å²) in [5.41, 5.74) is 3.56. The van der Waals surface area contributed by atoms with Crippen LogP contribution >= 0.6 is 0 Å². The predicted molar refractivity (Wildman–Crippen MR) is 165 cm³/mol. The lowest BCUT2D eigenvalue weighted by Gasteiger charge is -2.35. The molecule has 1 aliphatic heterocycles. The summed E-state index contributed by atoms with van der Waals surface area (Å²) in [6.45, 7) is 11.8. The number of nitrogens with zero attached hydrogens (tertiary/aromatic N) is 7. The third-order valence-electron chi connectivity index (χ3n) is 8.25. The Labute approximate surface area is 244 Å². The number of nitrogens with one attached hydrogen (secondary N) is 2. The monoisotopic (exact) mass is 567 g/mol. The molecule has 11 nitrogen and oxygen atoms in total. The van der Waals surface area contributed by atoms with Crippen molar-refractivity contribution >= 4 is 34.3 Å². The van der Waals surface area contributed by atoms with Crippen LogP contribution in [-0.2, 0) is 23.3 Å². The molecule has 1 amide bonds. The molecule has 2 aliphatic rings. The molecule has 1 atom stereocenters. The van der Waals surface area contributed by atoms with E-state index in [-0.39, 0.29) is 18.0 Å². The number of fused-ring (bicyclic) bond motifs is 2. The molecule has 4 heterocycles. The first-order chi connectivity index (χ1) is 20.3. The Morgan fingerprint density at radius 3 is 2.57 bits per heavy atom. The highest BCUT2D eigenvalue weighted by Gasteiger charge is 2.35. The molecule has 3 aromatic heterocycles. The molecule has 2 N–H and O–H groups in total. The number of hydrogen-bond donors (Lipinski definition) is 2. The standard InChI is InChI=1S/C31H37N9O2/c1-5-15-39-29(42)25-20-32-30(33-23-9-11-24(12-10-23)38-18-16-37(4)17-19-38)35-28(25)40(39)26-13-8-22-7-6-14-31(3,27(22)34-26)36-21(2)41/h5,8-13,20H,1,6-7,14-19H2,2-4H3,(H,36,41)(H,32,33,35). The number of aryl methyl sites for hydroxylation is 1. The predicted octanol–water partition coefficient (Wildman–Crippen LogP) is 3.35. The maximum Gasteiger partial charge on any atom is 0.278 e. The first-order valence-electron chi connectivity index (χ1n) is 14.5. The smallest absolute Gasteiger partial charge is 0.278 e. The number of carbonyl (C=O) groups is 1. The Bertz CT molecular complexity index is 1700. The molecule has 1 aliphatic carbocycles. The van der Waals surface area contributed by atoms with E-state index in [1.54, 1.807) is 21.6 Å². The molecule has 1 unspecified atom stereocenters. The Kier molecular flexibility index (Phi) is 7.28. The van der Waals surface area contributed by atoms with Crippen molar-refractivity contribution in [2.75, 3.05) is 43.4 Å². The number of aromatic nitrogens is 5. The average molecular weight is 568 g/mol. The SMILES string of the molecule is C=CCn1c(=O)c2cnc(Nc3ccc(N4CCN(C)CC4)cc3)nc2n1-c1ccc2c(n1)C(C)(NC(C)=O)CCC2. The van der Waals surface area contributed by atoms with Crippen molar-refractivity contribution in [3.8, 4) is 5.82 Å². The second-order valence-corrected chi connectivity index (χ2v) is 11.4. The highest BCUT2D eigenvalue weighted by Crippen LogP contribution is 2.34. The number of pyridine rings is 1. The molecule has 0 saturated carbocycles. The zero-order valence-corrected chi connectivity index (χ0v) is 24.4. The topological polar surface area (TPSA) is 113 Å². The summed E-state index contributed by atoms with van der Waals surface area (Å²) >= 11 is 0. The van der Waals surface area contributed by atoms with Crippen LogP contribution < -0.4 is 21.1 Å². The molecule has 0 radical (unpaired) electrons. The van der Waals surface area contributed by atoms with Gasteiger partial charge in [0.05, 0.1) is 17.8 Å². The molecule has 6 rings (SSSR count). The summed E-state index contributed by atoms with van der Waals surface area (Å²) in [6.07, 6.45) is 5.85. The highest BCUT2D eigenvalue weighted by atomic mass is 16.1. The second kappa shape index (κ2) is 11.1. The number of likely N-dealkylation sites (N-methyl/N-ethyl adjacent to an activating group) is 1. The van der Waals surface area contributed by atoms with Crippen LogP contribution in [0.2, 0.25) is 0 Å². The molecule has 4 aromatic rings. The van der Waals surface area contributed by atoms with E-state index in [9.17, 15) is 9.59 Å². The quantitative estimate of drug-likeness (QED) is 0.327. The minimum atomic E-state index is -0.597. The van der Waals surface area contributed by atoms with Crippen molar-refractivity contribution in [1.29, 1.82) is 0 Å². The van der Waals surface area contributed by atoms with Crippen LogP contribution in [0.1, 0.15) is 37.9 Å². The van der Waals surface area contributed by atoms with E-state index in [4.69, 9.17) is 9.97 Å². The van der Waals surface area contributed by atoms with E-state index >= 15 is 0 Å². The zero-order valence-electron chi connectivity index (χ0n) is 24.4. The number of allylic oxidation sites excluding steroid dienone is 1. The molecule has 0 bridgehead atoms. The largest absolute Gasteiger partial charge is 0.369 e. The van der Waals surface area contributed by atoms with Crippen LogP contribution in [0.4, 0.5) is 17.3 Å². The number of rotatable bonds is 7. The van der Waals surface area contributed by atoms with Gasteiger partial charge in [-0.05, 0) is 69.1 Å². The van der Waals surface area contributed by atoms with Crippen molar-refractivity contribution < 1.29 is 4.79 Å². The molecule has 1 saturated heterocycles. The first-order valence-corrected chi connectivity index (χ1v) is 14.5. The average Bonchev–Trinajstić information content (AvgIpc) is 3.24. The molecular formula is C31H37N9O2. The van der Waals surface area contributed by atoms with Crippen molar-refractivity contribution in [2.45, 2.75) is 45.2 Å². The van der Waals surface area contributed by atoms with Crippen LogP contribution in [0.25, 0.3) is 16.9 Å². The van der Waals surface area contributed by atoms with Crippen molar-refractivity contribution in [2.24, 2.45) is 0 Å². The maximum atomic E-state index is 13.5. The first kappa shape index (κ1) is 27.6. The van der Waals surface area contributed by atoms with Crippen LogP contribution in [0.5, 0.6) is 0 Å². The highest BCUT2D eigenvalue weighted by molar-refractivity contribution is 5.77.